The normalized spacial score (nSPS) is 12.5. The Morgan fingerprint density at radius 1 is 1.18 bits per heavy atom. The van der Waals surface area contributed by atoms with Crippen molar-refractivity contribution in [3.8, 4) is 0 Å². The molecule has 0 radical (unpaired) electrons. The molecule has 0 bridgehead atoms. The lowest BCUT2D eigenvalue weighted by Gasteiger charge is -2.13. The fourth-order valence-electron chi connectivity index (χ4n) is 1.54. The van der Waals surface area contributed by atoms with Gasteiger partial charge in [0, 0.05) is 33.1 Å². The maximum absolute atomic E-state index is 10.2. The predicted octanol–water partition coefficient (Wildman–Crippen LogP) is 3.78. The maximum Gasteiger partial charge on any atom is 0.107 e. The summed E-state index contributed by atoms with van der Waals surface area (Å²) in [6.07, 6.45) is 0.825. The number of nitrogens with zero attached hydrogens (tertiary/aromatic N) is 1. The Balaban J connectivity index is 2.39. The number of hydrogen-bond donors (Lipinski definition) is 1. The van der Waals surface area contributed by atoms with Crippen molar-refractivity contribution in [1.29, 1.82) is 0 Å². The van der Waals surface area contributed by atoms with E-state index in [4.69, 9.17) is 23.2 Å². The van der Waals surface area contributed by atoms with E-state index in [1.54, 1.807) is 24.4 Å². The van der Waals surface area contributed by atoms with Gasteiger partial charge in [0.1, 0.15) is 6.10 Å². The van der Waals surface area contributed by atoms with Crippen LogP contribution in [0.4, 0.5) is 0 Å². The Morgan fingerprint density at radius 2 is 1.94 bits per heavy atom. The molecule has 0 amide bonds. The molecule has 0 aliphatic carbocycles. The lowest BCUT2D eigenvalue weighted by Crippen LogP contribution is -2.01. The molecule has 0 spiro atoms. The number of aryl methyl sites for hydroxylation is 1. The highest BCUT2D eigenvalue weighted by Crippen LogP contribution is 2.30. The average molecular weight is 268 g/mol. The molecule has 1 aromatic heterocycles. The lowest BCUT2D eigenvalue weighted by molar-refractivity contribution is 0.220. The molecule has 17 heavy (non-hydrogen) atoms. The van der Waals surface area contributed by atoms with Crippen LogP contribution in [0.3, 0.4) is 0 Å². The molecule has 0 aliphatic rings. The molecule has 0 aliphatic heterocycles. The molecule has 2 nitrogen and oxygen atoms in total. The second-order valence-corrected chi connectivity index (χ2v) is 4.64. The summed E-state index contributed by atoms with van der Waals surface area (Å²) in [6, 6.07) is 8.69. The van der Waals surface area contributed by atoms with Crippen LogP contribution in [0, 0.1) is 6.92 Å². The second kappa shape index (κ2) is 5.05. The minimum absolute atomic E-state index is 0.488. The fraction of sp³-hybridized carbons (Fsp3) is 0.154. The van der Waals surface area contributed by atoms with Gasteiger partial charge in [-0.15, -0.1) is 0 Å². The predicted molar refractivity (Wildman–Crippen MR) is 69.5 cm³/mol. The summed E-state index contributed by atoms with van der Waals surface area (Å²) in [6.45, 7) is 1.89. The number of aromatic nitrogens is 1. The van der Waals surface area contributed by atoms with Gasteiger partial charge >= 0.3 is 0 Å². The number of rotatable bonds is 2. The zero-order valence-electron chi connectivity index (χ0n) is 9.19. The third kappa shape index (κ3) is 2.78. The van der Waals surface area contributed by atoms with Gasteiger partial charge in [0.15, 0.2) is 0 Å². The summed E-state index contributed by atoms with van der Waals surface area (Å²) >= 11 is 11.9. The van der Waals surface area contributed by atoms with Crippen molar-refractivity contribution < 1.29 is 5.11 Å². The van der Waals surface area contributed by atoms with Crippen molar-refractivity contribution in [3.63, 3.8) is 0 Å². The first-order valence-corrected chi connectivity index (χ1v) is 5.89. The smallest absolute Gasteiger partial charge is 0.107 e. The average Bonchev–Trinajstić information content (AvgIpc) is 2.32. The van der Waals surface area contributed by atoms with E-state index in [2.05, 4.69) is 4.98 Å². The van der Waals surface area contributed by atoms with Crippen molar-refractivity contribution in [2.75, 3.05) is 0 Å². The van der Waals surface area contributed by atoms with Gasteiger partial charge in [-0.05, 0) is 31.2 Å². The van der Waals surface area contributed by atoms with Crippen molar-refractivity contribution in [2.45, 2.75) is 13.0 Å². The Labute approximate surface area is 110 Å². The Hall–Kier alpha value is -1.09. The molecule has 1 unspecified atom stereocenters. The van der Waals surface area contributed by atoms with Crippen molar-refractivity contribution in [1.82, 2.24) is 4.98 Å². The van der Waals surface area contributed by atoms with Gasteiger partial charge in [0.2, 0.25) is 0 Å². The summed E-state index contributed by atoms with van der Waals surface area (Å²) in [7, 11) is 0. The quantitative estimate of drug-likeness (QED) is 0.899. The monoisotopic (exact) mass is 267 g/mol. The summed E-state index contributed by atoms with van der Waals surface area (Å²) in [5.41, 5.74) is 2.18. The third-order valence-electron chi connectivity index (χ3n) is 2.50. The zero-order chi connectivity index (χ0) is 12.4. The molecular formula is C13H11Cl2NO. The van der Waals surface area contributed by atoms with E-state index in [1.165, 1.54) is 0 Å². The summed E-state index contributed by atoms with van der Waals surface area (Å²) in [5, 5.41) is 11.2. The number of aliphatic hydroxyl groups excluding tert-OH is 1. The topological polar surface area (TPSA) is 33.1 Å². The van der Waals surface area contributed by atoms with Gasteiger partial charge in [-0.3, -0.25) is 4.98 Å². The van der Waals surface area contributed by atoms with E-state index in [0.29, 0.717) is 21.2 Å². The number of benzene rings is 1. The molecule has 1 atom stereocenters. The molecule has 0 saturated heterocycles. The maximum atomic E-state index is 10.2. The fourth-order valence-corrected chi connectivity index (χ4v) is 1.95. The minimum Gasteiger partial charge on any atom is -0.384 e. The zero-order valence-corrected chi connectivity index (χ0v) is 10.7. The van der Waals surface area contributed by atoms with Gasteiger partial charge in [0.25, 0.3) is 0 Å². The van der Waals surface area contributed by atoms with E-state index in [1.807, 2.05) is 19.1 Å². The highest BCUT2D eigenvalue weighted by Gasteiger charge is 2.14. The number of hydrogen-bond acceptors (Lipinski definition) is 2. The standard InChI is InChI=1S/C13H11Cl2NO/c1-8-2-3-9(7-16-8)13(17)11-6-10(14)4-5-12(11)15/h2-7,13,17H,1H3. The Kier molecular flexibility index (Phi) is 3.67. The van der Waals surface area contributed by atoms with Crippen molar-refractivity contribution in [2.24, 2.45) is 0 Å². The summed E-state index contributed by atoms with van der Waals surface area (Å²) in [4.78, 5) is 4.14. The first-order valence-electron chi connectivity index (χ1n) is 5.13. The third-order valence-corrected chi connectivity index (χ3v) is 3.08. The van der Waals surface area contributed by atoms with Crippen LogP contribution in [0.1, 0.15) is 22.9 Å². The molecular weight excluding hydrogens is 257 g/mol. The number of aliphatic hydroxyl groups is 1. The molecule has 0 fully saturated rings. The summed E-state index contributed by atoms with van der Waals surface area (Å²) in [5.74, 6) is 0. The Bertz CT molecular complexity index is 525. The van der Waals surface area contributed by atoms with Crippen LogP contribution in [0.2, 0.25) is 10.0 Å². The van der Waals surface area contributed by atoms with Gasteiger partial charge in [0.05, 0.1) is 0 Å². The lowest BCUT2D eigenvalue weighted by atomic mass is 10.0. The van der Waals surface area contributed by atoms with Crippen LogP contribution in [0.15, 0.2) is 36.5 Å². The SMILES string of the molecule is Cc1ccc(C(O)c2cc(Cl)ccc2Cl)cn1. The number of pyridine rings is 1. The van der Waals surface area contributed by atoms with Crippen LogP contribution in [0.25, 0.3) is 0 Å². The van der Waals surface area contributed by atoms with Gasteiger partial charge in [-0.1, -0.05) is 29.3 Å². The molecule has 0 saturated carbocycles. The number of halogens is 2. The highest BCUT2D eigenvalue weighted by atomic mass is 35.5. The van der Waals surface area contributed by atoms with Crippen LogP contribution in [-0.2, 0) is 0 Å². The molecule has 2 rings (SSSR count). The summed E-state index contributed by atoms with van der Waals surface area (Å²) < 4.78 is 0. The van der Waals surface area contributed by atoms with E-state index in [9.17, 15) is 5.11 Å². The van der Waals surface area contributed by atoms with E-state index in [0.717, 1.165) is 5.69 Å². The molecule has 2 aromatic rings. The van der Waals surface area contributed by atoms with Gasteiger partial charge in [-0.2, -0.15) is 0 Å². The first kappa shape index (κ1) is 12.4. The van der Waals surface area contributed by atoms with E-state index < -0.39 is 6.10 Å². The highest BCUT2D eigenvalue weighted by molar-refractivity contribution is 6.33. The molecule has 4 heteroatoms. The van der Waals surface area contributed by atoms with Crippen LogP contribution in [0.5, 0.6) is 0 Å². The minimum atomic E-state index is -0.811. The molecule has 1 heterocycles. The van der Waals surface area contributed by atoms with Crippen molar-refractivity contribution >= 4 is 23.2 Å². The van der Waals surface area contributed by atoms with E-state index >= 15 is 0 Å². The van der Waals surface area contributed by atoms with Gasteiger partial charge in [-0.25, -0.2) is 0 Å². The van der Waals surface area contributed by atoms with Crippen LogP contribution < -0.4 is 0 Å². The van der Waals surface area contributed by atoms with E-state index in [-0.39, 0.29) is 0 Å². The second-order valence-electron chi connectivity index (χ2n) is 3.80. The molecule has 1 N–H and O–H groups in total. The van der Waals surface area contributed by atoms with Crippen molar-refractivity contribution in [3.05, 3.63) is 63.4 Å². The van der Waals surface area contributed by atoms with Crippen LogP contribution in [-0.4, -0.2) is 10.1 Å². The molecule has 88 valence electrons. The molecule has 1 aromatic carbocycles. The first-order chi connectivity index (χ1) is 8.08. The Morgan fingerprint density at radius 3 is 2.59 bits per heavy atom. The van der Waals surface area contributed by atoms with Gasteiger partial charge < -0.3 is 5.11 Å². The largest absolute Gasteiger partial charge is 0.384 e. The van der Waals surface area contributed by atoms with Crippen LogP contribution >= 0.6 is 23.2 Å².